The number of nitrogens with two attached hydrogens (primary N) is 1. The van der Waals surface area contributed by atoms with E-state index in [2.05, 4.69) is 0 Å². The SMILES string of the molecule is CCOC(=O)CN(C(=O)c1cc(N)cc(F)c1)C1CC1. The van der Waals surface area contributed by atoms with Gasteiger partial charge in [-0.15, -0.1) is 0 Å². The number of hydrogen-bond donors (Lipinski definition) is 1. The molecular formula is C14H17FN2O3. The Morgan fingerprint density at radius 3 is 2.65 bits per heavy atom. The summed E-state index contributed by atoms with van der Waals surface area (Å²) in [5.74, 6) is -1.43. The van der Waals surface area contributed by atoms with Crippen molar-refractivity contribution in [3.63, 3.8) is 0 Å². The minimum Gasteiger partial charge on any atom is -0.465 e. The molecule has 5 nitrogen and oxygen atoms in total. The zero-order valence-electron chi connectivity index (χ0n) is 11.3. The number of ether oxygens (including phenoxy) is 1. The maximum Gasteiger partial charge on any atom is 0.325 e. The van der Waals surface area contributed by atoms with Crippen molar-refractivity contribution in [2.45, 2.75) is 25.8 Å². The minimum atomic E-state index is -0.569. The van der Waals surface area contributed by atoms with Gasteiger partial charge in [-0.2, -0.15) is 0 Å². The molecule has 1 aliphatic rings. The monoisotopic (exact) mass is 280 g/mol. The molecular weight excluding hydrogens is 263 g/mol. The molecule has 0 bridgehead atoms. The Kier molecular flexibility index (Phi) is 4.22. The van der Waals surface area contributed by atoms with Gasteiger partial charge in [-0.3, -0.25) is 9.59 Å². The number of benzene rings is 1. The largest absolute Gasteiger partial charge is 0.465 e. The van der Waals surface area contributed by atoms with Crippen LogP contribution in [-0.2, 0) is 9.53 Å². The molecule has 0 aliphatic heterocycles. The molecule has 20 heavy (non-hydrogen) atoms. The Morgan fingerprint density at radius 1 is 1.40 bits per heavy atom. The number of nitrogens with zero attached hydrogens (tertiary/aromatic N) is 1. The molecule has 1 aliphatic carbocycles. The molecule has 108 valence electrons. The van der Waals surface area contributed by atoms with Gasteiger partial charge in [0, 0.05) is 17.3 Å². The van der Waals surface area contributed by atoms with Crippen LogP contribution >= 0.6 is 0 Å². The highest BCUT2D eigenvalue weighted by Crippen LogP contribution is 2.28. The topological polar surface area (TPSA) is 72.6 Å². The van der Waals surface area contributed by atoms with Crippen LogP contribution in [-0.4, -0.2) is 36.0 Å². The summed E-state index contributed by atoms with van der Waals surface area (Å²) in [5, 5.41) is 0. The molecule has 1 amide bonds. The van der Waals surface area contributed by atoms with Gasteiger partial charge < -0.3 is 15.4 Å². The van der Waals surface area contributed by atoms with Gasteiger partial charge in [0.15, 0.2) is 0 Å². The normalized spacial score (nSPS) is 13.9. The van der Waals surface area contributed by atoms with Gasteiger partial charge in [-0.1, -0.05) is 0 Å². The van der Waals surface area contributed by atoms with E-state index < -0.39 is 17.7 Å². The van der Waals surface area contributed by atoms with Crippen molar-refractivity contribution < 1.29 is 18.7 Å². The Morgan fingerprint density at radius 2 is 2.10 bits per heavy atom. The highest BCUT2D eigenvalue weighted by molar-refractivity contribution is 5.97. The van der Waals surface area contributed by atoms with Crippen molar-refractivity contribution in [2.75, 3.05) is 18.9 Å². The maximum atomic E-state index is 13.3. The second-order valence-electron chi connectivity index (χ2n) is 4.74. The quantitative estimate of drug-likeness (QED) is 0.656. The summed E-state index contributed by atoms with van der Waals surface area (Å²) in [7, 11) is 0. The van der Waals surface area contributed by atoms with E-state index in [0.29, 0.717) is 0 Å². The van der Waals surface area contributed by atoms with E-state index in [0.717, 1.165) is 25.0 Å². The first kappa shape index (κ1) is 14.3. The molecule has 0 radical (unpaired) electrons. The molecule has 0 saturated heterocycles. The van der Waals surface area contributed by atoms with Crippen molar-refractivity contribution in [1.29, 1.82) is 0 Å². The van der Waals surface area contributed by atoms with Gasteiger partial charge >= 0.3 is 5.97 Å². The second kappa shape index (κ2) is 5.90. The zero-order valence-corrected chi connectivity index (χ0v) is 11.3. The fourth-order valence-electron chi connectivity index (χ4n) is 2.00. The van der Waals surface area contributed by atoms with E-state index in [9.17, 15) is 14.0 Å². The molecule has 1 aromatic rings. The summed E-state index contributed by atoms with van der Waals surface area (Å²) in [4.78, 5) is 25.3. The van der Waals surface area contributed by atoms with Crippen LogP contribution in [0.15, 0.2) is 18.2 Å². The molecule has 0 heterocycles. The number of anilines is 1. The predicted molar refractivity (Wildman–Crippen MR) is 71.5 cm³/mol. The van der Waals surface area contributed by atoms with Crippen LogP contribution in [0.1, 0.15) is 30.1 Å². The maximum absolute atomic E-state index is 13.3. The fraction of sp³-hybridized carbons (Fsp3) is 0.429. The number of esters is 1. The van der Waals surface area contributed by atoms with Crippen LogP contribution in [0.3, 0.4) is 0 Å². The Hall–Kier alpha value is -2.11. The molecule has 1 saturated carbocycles. The van der Waals surface area contributed by atoms with Crippen molar-refractivity contribution in [2.24, 2.45) is 0 Å². The van der Waals surface area contributed by atoms with Crippen LogP contribution in [0.5, 0.6) is 0 Å². The molecule has 0 spiro atoms. The molecule has 1 fully saturated rings. The molecule has 0 atom stereocenters. The minimum absolute atomic E-state index is 0.0244. The predicted octanol–water partition coefficient (Wildman–Crippen LogP) is 1.58. The van der Waals surface area contributed by atoms with E-state index in [-0.39, 0.29) is 30.4 Å². The molecule has 0 aromatic heterocycles. The van der Waals surface area contributed by atoms with Crippen LogP contribution in [0.4, 0.5) is 10.1 Å². The van der Waals surface area contributed by atoms with Gasteiger partial charge in [0.2, 0.25) is 0 Å². The Labute approximate surface area is 116 Å². The van der Waals surface area contributed by atoms with Crippen LogP contribution < -0.4 is 5.73 Å². The standard InChI is InChI=1S/C14H17FN2O3/c1-2-20-13(18)8-17(12-3-4-12)14(19)9-5-10(15)7-11(16)6-9/h5-7,12H,2-4,8,16H2,1H3. The van der Waals surface area contributed by atoms with E-state index in [1.165, 1.54) is 11.0 Å². The second-order valence-corrected chi connectivity index (χ2v) is 4.74. The molecule has 6 heteroatoms. The summed E-state index contributed by atoms with van der Waals surface area (Å²) < 4.78 is 18.2. The van der Waals surface area contributed by atoms with Crippen LogP contribution in [0.25, 0.3) is 0 Å². The summed E-state index contributed by atoms with van der Waals surface area (Å²) in [5.41, 5.74) is 5.87. The number of amides is 1. The first-order chi connectivity index (χ1) is 9.51. The molecule has 1 aromatic carbocycles. The van der Waals surface area contributed by atoms with Gasteiger partial charge in [0.25, 0.3) is 5.91 Å². The molecule has 2 rings (SSSR count). The summed E-state index contributed by atoms with van der Waals surface area (Å²) in [6.07, 6.45) is 1.69. The third-order valence-electron chi connectivity index (χ3n) is 3.02. The van der Waals surface area contributed by atoms with Crippen LogP contribution in [0, 0.1) is 5.82 Å². The first-order valence-electron chi connectivity index (χ1n) is 6.54. The zero-order chi connectivity index (χ0) is 14.7. The summed E-state index contributed by atoms with van der Waals surface area (Å²) >= 11 is 0. The van der Waals surface area contributed by atoms with Crippen LogP contribution in [0.2, 0.25) is 0 Å². The van der Waals surface area contributed by atoms with Crippen molar-refractivity contribution in [1.82, 2.24) is 4.90 Å². The van der Waals surface area contributed by atoms with E-state index in [4.69, 9.17) is 10.5 Å². The number of carbonyl (C=O) groups excluding carboxylic acids is 2. The lowest BCUT2D eigenvalue weighted by Gasteiger charge is -2.21. The number of nitrogen functional groups attached to an aromatic ring is 1. The van der Waals surface area contributed by atoms with Crippen molar-refractivity contribution in [3.8, 4) is 0 Å². The average molecular weight is 280 g/mol. The number of hydrogen-bond acceptors (Lipinski definition) is 4. The number of rotatable bonds is 5. The highest BCUT2D eigenvalue weighted by Gasteiger charge is 2.34. The smallest absolute Gasteiger partial charge is 0.325 e. The van der Waals surface area contributed by atoms with E-state index >= 15 is 0 Å². The molecule has 0 unspecified atom stereocenters. The summed E-state index contributed by atoms with van der Waals surface area (Å²) in [6.45, 7) is 1.85. The van der Waals surface area contributed by atoms with Crippen molar-refractivity contribution in [3.05, 3.63) is 29.6 Å². The van der Waals surface area contributed by atoms with E-state index in [1.54, 1.807) is 6.92 Å². The lowest BCUT2D eigenvalue weighted by atomic mass is 10.1. The van der Waals surface area contributed by atoms with E-state index in [1.807, 2.05) is 0 Å². The third-order valence-corrected chi connectivity index (χ3v) is 3.02. The average Bonchev–Trinajstić information content (AvgIpc) is 3.18. The van der Waals surface area contributed by atoms with Gasteiger partial charge in [0.1, 0.15) is 12.4 Å². The molecule has 2 N–H and O–H groups in total. The number of halogens is 1. The van der Waals surface area contributed by atoms with Gasteiger partial charge in [-0.05, 0) is 38.0 Å². The third kappa shape index (κ3) is 3.46. The summed E-state index contributed by atoms with van der Waals surface area (Å²) in [6, 6.07) is 3.70. The fourth-order valence-corrected chi connectivity index (χ4v) is 2.00. The van der Waals surface area contributed by atoms with Crippen molar-refractivity contribution >= 4 is 17.6 Å². The lowest BCUT2D eigenvalue weighted by Crippen LogP contribution is -2.38. The Bertz CT molecular complexity index is 509. The highest BCUT2D eigenvalue weighted by atomic mass is 19.1. The lowest BCUT2D eigenvalue weighted by molar-refractivity contribution is -0.144. The van der Waals surface area contributed by atoms with Gasteiger partial charge in [0.05, 0.1) is 6.61 Å². The number of carbonyl (C=O) groups is 2. The van der Waals surface area contributed by atoms with Gasteiger partial charge in [-0.25, -0.2) is 4.39 Å². The first-order valence-corrected chi connectivity index (χ1v) is 6.54. The Balaban J connectivity index is 2.16.